The number of morpholine rings is 1. The highest BCUT2D eigenvalue weighted by atomic mass is 32.2. The Kier molecular flexibility index (Phi) is 4.93. The number of hydrogen-bond donors (Lipinski definition) is 1. The largest absolute Gasteiger partial charge is 0.418 e. The minimum atomic E-state index is -4.68. The van der Waals surface area contributed by atoms with E-state index in [9.17, 15) is 21.6 Å². The summed E-state index contributed by atoms with van der Waals surface area (Å²) in [4.78, 5) is 1.03. The predicted molar refractivity (Wildman–Crippen MR) is 79.7 cm³/mol. The third-order valence-electron chi connectivity index (χ3n) is 3.72. The van der Waals surface area contributed by atoms with E-state index in [0.29, 0.717) is 25.6 Å². The molecule has 23 heavy (non-hydrogen) atoms. The number of anilines is 1. The summed E-state index contributed by atoms with van der Waals surface area (Å²) >= 11 is 0. The van der Waals surface area contributed by atoms with Crippen LogP contribution in [0.25, 0.3) is 0 Å². The Morgan fingerprint density at radius 3 is 2.52 bits per heavy atom. The first-order valence-corrected chi connectivity index (χ1v) is 8.71. The number of nitrogens with zero attached hydrogens (tertiary/aromatic N) is 1. The molecule has 0 aromatic heterocycles. The van der Waals surface area contributed by atoms with Crippen molar-refractivity contribution in [2.24, 2.45) is 5.14 Å². The smallest absolute Gasteiger partial charge is 0.372 e. The molecule has 1 heterocycles. The van der Waals surface area contributed by atoms with Gasteiger partial charge in [0, 0.05) is 18.8 Å². The normalized spacial score (nSPS) is 23.1. The Hall–Kier alpha value is -1.32. The summed E-state index contributed by atoms with van der Waals surface area (Å²) in [5.74, 6) is 0. The lowest BCUT2D eigenvalue weighted by Gasteiger charge is -2.39. The molecule has 0 bridgehead atoms. The van der Waals surface area contributed by atoms with E-state index >= 15 is 0 Å². The number of benzene rings is 1. The van der Waals surface area contributed by atoms with Crippen molar-refractivity contribution in [2.45, 2.75) is 43.5 Å². The zero-order valence-corrected chi connectivity index (χ0v) is 13.6. The van der Waals surface area contributed by atoms with Gasteiger partial charge in [0.05, 0.1) is 22.7 Å². The van der Waals surface area contributed by atoms with Crippen LogP contribution in [0.1, 0.15) is 25.8 Å². The molecule has 1 aliphatic rings. The fourth-order valence-electron chi connectivity index (χ4n) is 2.66. The van der Waals surface area contributed by atoms with Crippen molar-refractivity contribution in [3.63, 3.8) is 0 Å². The molecule has 1 fully saturated rings. The van der Waals surface area contributed by atoms with Gasteiger partial charge in [0.2, 0.25) is 10.0 Å². The highest BCUT2D eigenvalue weighted by molar-refractivity contribution is 7.89. The molecule has 5 nitrogen and oxygen atoms in total. The maximum atomic E-state index is 13.4. The van der Waals surface area contributed by atoms with Crippen molar-refractivity contribution in [1.82, 2.24) is 0 Å². The highest BCUT2D eigenvalue weighted by Crippen LogP contribution is 2.38. The van der Waals surface area contributed by atoms with Gasteiger partial charge < -0.3 is 9.64 Å². The van der Waals surface area contributed by atoms with Crippen molar-refractivity contribution < 1.29 is 26.3 Å². The fraction of sp³-hybridized carbons (Fsp3) is 0.571. The minimum absolute atomic E-state index is 0.0569. The molecule has 2 rings (SSSR count). The Morgan fingerprint density at radius 2 is 2.00 bits per heavy atom. The van der Waals surface area contributed by atoms with Crippen LogP contribution in [0.5, 0.6) is 0 Å². The highest BCUT2D eigenvalue weighted by Gasteiger charge is 2.37. The van der Waals surface area contributed by atoms with Gasteiger partial charge >= 0.3 is 6.18 Å². The Balaban J connectivity index is 2.49. The molecule has 1 aromatic rings. The first-order chi connectivity index (χ1) is 10.5. The van der Waals surface area contributed by atoms with Gasteiger partial charge in [-0.25, -0.2) is 13.6 Å². The second kappa shape index (κ2) is 6.29. The molecule has 2 atom stereocenters. The van der Waals surface area contributed by atoms with Crippen LogP contribution in [0.15, 0.2) is 23.1 Å². The molecule has 1 aromatic carbocycles. The molecule has 0 saturated carbocycles. The molecule has 1 aliphatic heterocycles. The van der Waals surface area contributed by atoms with Gasteiger partial charge in [-0.2, -0.15) is 13.2 Å². The molecule has 0 amide bonds. The number of primary sulfonamides is 1. The van der Waals surface area contributed by atoms with Gasteiger partial charge in [-0.1, -0.05) is 6.92 Å². The molecule has 2 unspecified atom stereocenters. The molecule has 0 spiro atoms. The lowest BCUT2D eigenvalue weighted by Crippen LogP contribution is -2.47. The van der Waals surface area contributed by atoms with Crippen LogP contribution >= 0.6 is 0 Å². The number of ether oxygens (including phenoxy) is 1. The van der Waals surface area contributed by atoms with Gasteiger partial charge in [0.1, 0.15) is 0 Å². The van der Waals surface area contributed by atoms with Crippen LogP contribution in [-0.4, -0.2) is 33.7 Å². The zero-order chi connectivity index (χ0) is 17.4. The van der Waals surface area contributed by atoms with E-state index < -0.39 is 26.7 Å². The first-order valence-electron chi connectivity index (χ1n) is 7.16. The zero-order valence-electron chi connectivity index (χ0n) is 12.8. The van der Waals surface area contributed by atoms with Crippen molar-refractivity contribution in [2.75, 3.05) is 18.0 Å². The lowest BCUT2D eigenvalue weighted by atomic mass is 10.1. The third kappa shape index (κ3) is 4.15. The van der Waals surface area contributed by atoms with Crippen LogP contribution in [0.4, 0.5) is 18.9 Å². The fourth-order valence-corrected chi connectivity index (χ4v) is 3.20. The molecule has 130 valence electrons. The van der Waals surface area contributed by atoms with Gasteiger partial charge in [-0.05, 0) is 31.5 Å². The van der Waals surface area contributed by atoms with Crippen LogP contribution in [0, 0.1) is 0 Å². The van der Waals surface area contributed by atoms with E-state index in [1.165, 1.54) is 0 Å². The Labute approximate surface area is 133 Å². The molecular formula is C14H19F3N2O3S. The summed E-state index contributed by atoms with van der Waals surface area (Å²) in [5, 5.41) is 4.93. The molecule has 1 saturated heterocycles. The number of alkyl halides is 3. The molecular weight excluding hydrogens is 333 g/mol. The monoisotopic (exact) mass is 352 g/mol. The lowest BCUT2D eigenvalue weighted by molar-refractivity contribution is -0.137. The number of rotatable bonds is 3. The average molecular weight is 352 g/mol. The molecule has 0 radical (unpaired) electrons. The topological polar surface area (TPSA) is 72.6 Å². The summed E-state index contributed by atoms with van der Waals surface area (Å²) < 4.78 is 68.4. The van der Waals surface area contributed by atoms with E-state index in [-0.39, 0.29) is 17.9 Å². The van der Waals surface area contributed by atoms with Gasteiger partial charge in [-0.3, -0.25) is 0 Å². The predicted octanol–water partition coefficient (Wildman–Crippen LogP) is 2.36. The van der Waals surface area contributed by atoms with Crippen LogP contribution in [0.2, 0.25) is 0 Å². The molecule has 9 heteroatoms. The average Bonchev–Trinajstić information content (AvgIpc) is 2.44. The number of hydrogen-bond acceptors (Lipinski definition) is 4. The van der Waals surface area contributed by atoms with Crippen molar-refractivity contribution in [1.29, 1.82) is 0 Å². The Bertz CT molecular complexity index is 676. The maximum Gasteiger partial charge on any atom is 0.418 e. The van der Waals surface area contributed by atoms with Crippen LogP contribution in [-0.2, 0) is 20.9 Å². The second-order valence-electron chi connectivity index (χ2n) is 5.60. The van der Waals surface area contributed by atoms with Crippen LogP contribution < -0.4 is 10.0 Å². The first kappa shape index (κ1) is 18.0. The van der Waals surface area contributed by atoms with Crippen LogP contribution in [0.3, 0.4) is 0 Å². The van der Waals surface area contributed by atoms with Crippen molar-refractivity contribution in [3.8, 4) is 0 Å². The minimum Gasteiger partial charge on any atom is -0.372 e. The van der Waals surface area contributed by atoms with E-state index in [2.05, 4.69) is 0 Å². The standard InChI is InChI=1S/C14H19F3N2O3S/c1-3-10-8-19(7-9(2)22-10)13-5-4-11(23(18,20)21)6-12(13)14(15,16)17/h4-6,9-10H,3,7-8H2,1-2H3,(H2,18,20,21). The summed E-state index contributed by atoms with van der Waals surface area (Å²) in [5.41, 5.74) is -1.06. The van der Waals surface area contributed by atoms with E-state index in [4.69, 9.17) is 9.88 Å². The SMILES string of the molecule is CCC1CN(c2ccc(S(N)(=O)=O)cc2C(F)(F)F)CC(C)O1. The summed E-state index contributed by atoms with van der Waals surface area (Å²) in [6, 6.07) is 2.85. The maximum absolute atomic E-state index is 13.4. The van der Waals surface area contributed by atoms with E-state index in [1.54, 1.807) is 11.8 Å². The summed E-state index contributed by atoms with van der Waals surface area (Å²) in [6.07, 6.45) is -4.39. The second-order valence-corrected chi connectivity index (χ2v) is 7.17. The van der Waals surface area contributed by atoms with Crippen molar-refractivity contribution >= 4 is 15.7 Å². The van der Waals surface area contributed by atoms with Crippen molar-refractivity contribution in [3.05, 3.63) is 23.8 Å². The van der Waals surface area contributed by atoms with Gasteiger partial charge in [0.25, 0.3) is 0 Å². The molecule has 0 aliphatic carbocycles. The quantitative estimate of drug-likeness (QED) is 0.906. The van der Waals surface area contributed by atoms with E-state index in [0.717, 1.165) is 12.1 Å². The van der Waals surface area contributed by atoms with E-state index in [1.807, 2.05) is 6.92 Å². The van der Waals surface area contributed by atoms with Gasteiger partial charge in [0.15, 0.2) is 0 Å². The van der Waals surface area contributed by atoms with Gasteiger partial charge in [-0.15, -0.1) is 0 Å². The molecule has 2 N–H and O–H groups in total. The summed E-state index contributed by atoms with van der Waals surface area (Å²) in [6.45, 7) is 4.31. The number of halogens is 3. The number of nitrogens with two attached hydrogens (primary N) is 1. The Morgan fingerprint density at radius 1 is 1.35 bits per heavy atom. The summed E-state index contributed by atoms with van der Waals surface area (Å²) in [7, 11) is -4.20. The third-order valence-corrected chi connectivity index (χ3v) is 4.64. The number of sulfonamides is 1.